The van der Waals surface area contributed by atoms with Gasteiger partial charge in [0.15, 0.2) is 0 Å². The lowest BCUT2D eigenvalue weighted by Gasteiger charge is -2.30. The van der Waals surface area contributed by atoms with Crippen LogP contribution in [0.15, 0.2) is 11.3 Å². The second-order valence-corrected chi connectivity index (χ2v) is 8.65. The van der Waals surface area contributed by atoms with Gasteiger partial charge in [-0.25, -0.2) is 0 Å². The summed E-state index contributed by atoms with van der Waals surface area (Å²) in [4.78, 5) is 0. The Kier molecular flexibility index (Phi) is 10.8. The predicted molar refractivity (Wildman–Crippen MR) is 106 cm³/mol. The molecule has 1 fully saturated rings. The van der Waals surface area contributed by atoms with Crippen LogP contribution >= 0.6 is 0 Å². The molecule has 2 N–H and O–H groups in total. The van der Waals surface area contributed by atoms with Crippen LogP contribution in [0.4, 0.5) is 0 Å². The molecule has 0 aromatic carbocycles. The summed E-state index contributed by atoms with van der Waals surface area (Å²) in [6, 6.07) is 0. The van der Waals surface area contributed by atoms with Gasteiger partial charge in [-0.3, -0.25) is 0 Å². The van der Waals surface area contributed by atoms with Gasteiger partial charge in [-0.1, -0.05) is 26.3 Å². The molecule has 0 spiro atoms. The number of hydrogen-bond donors (Lipinski definition) is 2. The normalized spacial score (nSPS) is 15.1. The van der Waals surface area contributed by atoms with Crippen LogP contribution in [0.5, 0.6) is 0 Å². The highest BCUT2D eigenvalue weighted by atomic mass is 16.5. The maximum absolute atomic E-state index is 8.79. The van der Waals surface area contributed by atoms with E-state index in [1.165, 1.54) is 25.0 Å². The van der Waals surface area contributed by atoms with Crippen molar-refractivity contribution in [1.29, 1.82) is 0 Å². The Balaban J connectivity index is 2.28. The maximum atomic E-state index is 8.79. The van der Waals surface area contributed by atoms with Crippen LogP contribution in [-0.2, 0) is 14.2 Å². The molecule has 1 saturated carbocycles. The third-order valence-electron chi connectivity index (χ3n) is 4.49. The predicted octanol–water partition coefficient (Wildman–Crippen LogP) is 3.66. The molecule has 0 aromatic rings. The van der Waals surface area contributed by atoms with Gasteiger partial charge in [-0.2, -0.15) is 0 Å². The van der Waals surface area contributed by atoms with E-state index >= 15 is 0 Å². The Hall–Kier alpha value is -0.620. The largest absolute Gasteiger partial charge is 0.394 e. The summed E-state index contributed by atoms with van der Waals surface area (Å²) in [6.45, 7) is 14.5. The molecule has 0 aliphatic heterocycles. The highest BCUT2D eigenvalue weighted by Gasteiger charge is 2.24. The topological polar surface area (TPSA) is 60.0 Å². The Morgan fingerprint density at radius 3 is 2.31 bits per heavy atom. The molecule has 0 unspecified atom stereocenters. The maximum Gasteiger partial charge on any atom is 0.0859 e. The number of rotatable bonds is 15. The van der Waals surface area contributed by atoms with E-state index in [0.717, 1.165) is 26.0 Å². The van der Waals surface area contributed by atoms with Gasteiger partial charge >= 0.3 is 0 Å². The lowest BCUT2D eigenvalue weighted by molar-refractivity contribution is -0.0939. The summed E-state index contributed by atoms with van der Waals surface area (Å²) >= 11 is 0. The monoisotopic (exact) mass is 371 g/mol. The van der Waals surface area contributed by atoms with Crippen molar-refractivity contribution in [2.45, 2.75) is 72.3 Å². The Bertz CT molecular complexity index is 412. The van der Waals surface area contributed by atoms with Gasteiger partial charge in [0, 0.05) is 24.1 Å². The van der Waals surface area contributed by atoms with Crippen molar-refractivity contribution in [2.75, 3.05) is 46.2 Å². The van der Waals surface area contributed by atoms with Crippen LogP contribution in [0.25, 0.3) is 0 Å². The van der Waals surface area contributed by atoms with Crippen LogP contribution in [0, 0.1) is 5.41 Å². The highest BCUT2D eigenvalue weighted by Crippen LogP contribution is 2.29. The first kappa shape index (κ1) is 23.4. The number of nitrogens with one attached hydrogen (secondary N) is 1. The zero-order valence-corrected chi connectivity index (χ0v) is 17.7. The van der Waals surface area contributed by atoms with Gasteiger partial charge in [-0.05, 0) is 39.5 Å². The minimum Gasteiger partial charge on any atom is -0.394 e. The smallest absolute Gasteiger partial charge is 0.0859 e. The molecule has 154 valence electrons. The molecular formula is C21H41NO4. The van der Waals surface area contributed by atoms with Crippen LogP contribution in [0.2, 0.25) is 0 Å². The molecule has 0 atom stereocenters. The first-order valence-corrected chi connectivity index (χ1v) is 10.1. The molecule has 5 heteroatoms. The molecule has 1 rings (SSSR count). The van der Waals surface area contributed by atoms with Crippen molar-refractivity contribution in [3.05, 3.63) is 11.3 Å². The van der Waals surface area contributed by atoms with Crippen LogP contribution in [0.3, 0.4) is 0 Å². The summed E-state index contributed by atoms with van der Waals surface area (Å²) in [5.74, 6) is 0. The van der Waals surface area contributed by atoms with E-state index in [0.29, 0.717) is 26.4 Å². The van der Waals surface area contributed by atoms with Crippen LogP contribution < -0.4 is 5.32 Å². The zero-order chi connectivity index (χ0) is 19.5. The summed E-state index contributed by atoms with van der Waals surface area (Å²) in [6.07, 6.45) is 5.91. The van der Waals surface area contributed by atoms with Gasteiger partial charge in [0.25, 0.3) is 0 Å². The van der Waals surface area contributed by atoms with Gasteiger partial charge < -0.3 is 24.6 Å². The van der Waals surface area contributed by atoms with Crippen molar-refractivity contribution in [1.82, 2.24) is 5.32 Å². The van der Waals surface area contributed by atoms with E-state index in [-0.39, 0.29) is 17.6 Å². The zero-order valence-electron chi connectivity index (χ0n) is 17.7. The molecule has 0 radical (unpaired) electrons. The molecule has 0 saturated heterocycles. The fourth-order valence-electron chi connectivity index (χ4n) is 2.82. The number of allylic oxidation sites excluding steroid dienone is 1. The second-order valence-electron chi connectivity index (χ2n) is 8.65. The quantitative estimate of drug-likeness (QED) is 0.430. The van der Waals surface area contributed by atoms with Crippen molar-refractivity contribution < 1.29 is 19.3 Å². The average molecular weight is 372 g/mol. The highest BCUT2D eigenvalue weighted by molar-refractivity contribution is 5.18. The third-order valence-corrected chi connectivity index (χ3v) is 4.49. The molecule has 0 amide bonds. The SMILES string of the molecule is CCCNC(CCOC(C)(C)COCC(C)(C)COCCO)=C1CCC1. The Morgan fingerprint density at radius 2 is 1.73 bits per heavy atom. The summed E-state index contributed by atoms with van der Waals surface area (Å²) < 4.78 is 17.4. The number of ether oxygens (including phenoxy) is 3. The molecule has 0 aromatic heterocycles. The van der Waals surface area contributed by atoms with Gasteiger partial charge in [0.1, 0.15) is 0 Å². The summed E-state index contributed by atoms with van der Waals surface area (Å²) in [7, 11) is 0. The van der Waals surface area contributed by atoms with E-state index in [1.54, 1.807) is 5.57 Å². The molecule has 1 aliphatic carbocycles. The Morgan fingerprint density at radius 1 is 1.04 bits per heavy atom. The first-order valence-electron chi connectivity index (χ1n) is 10.1. The second kappa shape index (κ2) is 12.0. The third kappa shape index (κ3) is 9.91. The van der Waals surface area contributed by atoms with Crippen LogP contribution in [0.1, 0.15) is 66.7 Å². The van der Waals surface area contributed by atoms with E-state index < -0.39 is 0 Å². The van der Waals surface area contributed by atoms with E-state index in [1.807, 2.05) is 0 Å². The molecule has 26 heavy (non-hydrogen) atoms. The first-order chi connectivity index (χ1) is 12.3. The average Bonchev–Trinajstić information content (AvgIpc) is 2.50. The Labute approximate surface area is 160 Å². The molecule has 1 aliphatic rings. The van der Waals surface area contributed by atoms with Crippen molar-refractivity contribution in [2.24, 2.45) is 5.41 Å². The molecule has 0 bridgehead atoms. The van der Waals surface area contributed by atoms with Gasteiger partial charge in [0.05, 0.1) is 45.2 Å². The number of aliphatic hydroxyl groups excluding tert-OH is 1. The van der Waals surface area contributed by atoms with E-state index in [4.69, 9.17) is 19.3 Å². The minimum absolute atomic E-state index is 0.0586. The standard InChI is InChI=1S/C21H41NO4/c1-6-11-22-19(18-8-7-9-18)10-13-26-21(4,5)17-25-16-20(2,3)15-24-14-12-23/h22-23H,6-17H2,1-5H3. The number of hydrogen-bond acceptors (Lipinski definition) is 5. The van der Waals surface area contributed by atoms with Crippen molar-refractivity contribution >= 4 is 0 Å². The summed E-state index contributed by atoms with van der Waals surface area (Å²) in [5.41, 5.74) is 2.61. The fourth-order valence-corrected chi connectivity index (χ4v) is 2.82. The van der Waals surface area contributed by atoms with Crippen LogP contribution in [-0.4, -0.2) is 56.9 Å². The lowest BCUT2D eigenvalue weighted by Crippen LogP contribution is -2.35. The van der Waals surface area contributed by atoms with Gasteiger partial charge in [-0.15, -0.1) is 0 Å². The lowest BCUT2D eigenvalue weighted by atomic mass is 9.89. The van der Waals surface area contributed by atoms with Gasteiger partial charge in [0.2, 0.25) is 0 Å². The minimum atomic E-state index is -0.303. The van der Waals surface area contributed by atoms with E-state index in [2.05, 4.69) is 39.9 Å². The van der Waals surface area contributed by atoms with Crippen molar-refractivity contribution in [3.8, 4) is 0 Å². The number of aliphatic hydroxyl groups is 1. The fraction of sp³-hybridized carbons (Fsp3) is 0.905. The molecule has 0 heterocycles. The van der Waals surface area contributed by atoms with Crippen molar-refractivity contribution in [3.63, 3.8) is 0 Å². The molecule has 5 nitrogen and oxygen atoms in total. The van der Waals surface area contributed by atoms with E-state index in [9.17, 15) is 0 Å². The molecular weight excluding hydrogens is 330 g/mol. The summed E-state index contributed by atoms with van der Waals surface area (Å²) in [5, 5.41) is 12.4.